The Balaban J connectivity index is 0.000000223. The lowest BCUT2D eigenvalue weighted by Gasteiger charge is -2.08. The Morgan fingerprint density at radius 1 is 0.703 bits per heavy atom. The van der Waals surface area contributed by atoms with Crippen LogP contribution in [0.5, 0.6) is 0 Å². The summed E-state index contributed by atoms with van der Waals surface area (Å²) >= 11 is 2.07. The molecule has 0 aromatic heterocycles. The summed E-state index contributed by atoms with van der Waals surface area (Å²) in [6, 6.07) is 0. The van der Waals surface area contributed by atoms with Gasteiger partial charge < -0.3 is 15.7 Å². The van der Waals surface area contributed by atoms with E-state index in [-0.39, 0.29) is 17.9 Å². The van der Waals surface area contributed by atoms with Gasteiger partial charge in [0, 0.05) is 48.2 Å². The van der Waals surface area contributed by atoms with E-state index < -0.39 is 20.6 Å². The van der Waals surface area contributed by atoms with E-state index in [1.807, 2.05) is 0 Å². The van der Waals surface area contributed by atoms with Gasteiger partial charge in [0.25, 0.3) is 0 Å². The fraction of sp³-hybridized carbons (Fsp3) is 0.923. The molecule has 218 valence electrons. The smallest absolute Gasteiger partial charge is 0.220 e. The van der Waals surface area contributed by atoms with Crippen LogP contribution in [0.3, 0.4) is 0 Å². The second-order valence-corrected chi connectivity index (χ2v) is 15.2. The molecule has 0 aromatic carbocycles. The van der Waals surface area contributed by atoms with Crippen molar-refractivity contribution in [2.24, 2.45) is 0 Å². The predicted molar refractivity (Wildman–Crippen MR) is 155 cm³/mol. The Hall–Kier alpha value is -0.650. The molecular formula is C26H50N2O6S3. The van der Waals surface area contributed by atoms with Crippen LogP contribution >= 0.6 is 11.8 Å². The number of sulfone groups is 1. The number of carbonyl (C=O) groups excluding carboxylic acids is 2. The second-order valence-electron chi connectivity index (χ2n) is 9.93. The molecule has 2 amide bonds. The van der Waals surface area contributed by atoms with Crippen LogP contribution in [-0.4, -0.2) is 83.3 Å². The number of piperidine rings is 1. The first-order valence-electron chi connectivity index (χ1n) is 14.1. The lowest BCUT2D eigenvalue weighted by molar-refractivity contribution is -0.122. The van der Waals surface area contributed by atoms with Gasteiger partial charge in [0.1, 0.15) is 9.84 Å². The van der Waals surface area contributed by atoms with Crippen LogP contribution < -0.4 is 10.6 Å². The molecule has 0 spiro atoms. The minimum atomic E-state index is -2.55. The summed E-state index contributed by atoms with van der Waals surface area (Å²) in [6.45, 7) is 1.78. The highest BCUT2D eigenvalue weighted by Gasteiger charge is 2.16. The average molecular weight is 583 g/mol. The molecule has 11 heteroatoms. The van der Waals surface area contributed by atoms with Crippen molar-refractivity contribution in [1.82, 2.24) is 10.6 Å². The van der Waals surface area contributed by atoms with Crippen LogP contribution in [0.2, 0.25) is 0 Å². The van der Waals surface area contributed by atoms with E-state index in [0.717, 1.165) is 82.4 Å². The quantitative estimate of drug-likeness (QED) is 0.399. The minimum Gasteiger partial charge on any atom is -0.393 e. The van der Waals surface area contributed by atoms with Gasteiger partial charge in [0.2, 0.25) is 11.8 Å². The Morgan fingerprint density at radius 3 is 1.41 bits per heavy atom. The van der Waals surface area contributed by atoms with E-state index in [1.54, 1.807) is 0 Å². The van der Waals surface area contributed by atoms with Crippen molar-refractivity contribution in [2.45, 2.75) is 102 Å². The molecule has 6 aliphatic rings. The van der Waals surface area contributed by atoms with E-state index in [1.165, 1.54) is 50.0 Å². The summed E-state index contributed by atoms with van der Waals surface area (Å²) in [4.78, 5) is 20.5. The molecular weight excluding hydrogens is 532 g/mol. The standard InChI is InChI=1S/C5H9NO.C5H10O.C4H7NO.C4H8O2S.C4H8OS.C4H8S/c7-5-3-1-2-4-6-5;6-5-3-1-2-4-5;6-4-2-1-3-5-4;5-7(6)3-1-2-4-7;5-6-3-1-2-4-6;1-2-4-5-3-1/h1-4H2,(H,6,7);5-6H,1-4H2;1-3H2,(H,5,6);1-4H2;1-4H2;1-4H2. The monoisotopic (exact) mass is 582 g/mol. The van der Waals surface area contributed by atoms with Crippen molar-refractivity contribution in [3.63, 3.8) is 0 Å². The van der Waals surface area contributed by atoms with E-state index in [2.05, 4.69) is 22.4 Å². The number of aliphatic hydroxyl groups excluding tert-OH is 1. The molecule has 3 N–H and O–H groups in total. The summed E-state index contributed by atoms with van der Waals surface area (Å²) in [7, 11) is -2.97. The summed E-state index contributed by atoms with van der Waals surface area (Å²) in [5, 5.41) is 14.2. The van der Waals surface area contributed by atoms with Gasteiger partial charge in [-0.2, -0.15) is 11.8 Å². The lowest BCUT2D eigenvalue weighted by atomic mass is 10.2. The van der Waals surface area contributed by atoms with E-state index in [0.29, 0.717) is 11.5 Å². The van der Waals surface area contributed by atoms with E-state index >= 15 is 0 Å². The molecule has 5 saturated heterocycles. The van der Waals surface area contributed by atoms with Gasteiger partial charge in [0.05, 0.1) is 17.6 Å². The number of nitrogens with one attached hydrogen (secondary N) is 2. The zero-order valence-electron chi connectivity index (χ0n) is 22.6. The fourth-order valence-corrected chi connectivity index (χ4v) is 7.85. The van der Waals surface area contributed by atoms with Gasteiger partial charge in [-0.05, 0) is 82.1 Å². The number of amides is 2. The molecule has 0 atom stereocenters. The summed E-state index contributed by atoms with van der Waals surface area (Å²) in [5.74, 6) is 6.02. The molecule has 5 heterocycles. The van der Waals surface area contributed by atoms with Gasteiger partial charge in [-0.25, -0.2) is 8.42 Å². The van der Waals surface area contributed by atoms with Crippen molar-refractivity contribution < 1.29 is 27.3 Å². The molecule has 8 nitrogen and oxygen atoms in total. The molecule has 37 heavy (non-hydrogen) atoms. The first-order chi connectivity index (χ1) is 17.8. The topological polar surface area (TPSA) is 130 Å². The van der Waals surface area contributed by atoms with Crippen LogP contribution in [0.15, 0.2) is 0 Å². The van der Waals surface area contributed by atoms with Gasteiger partial charge in [-0.3, -0.25) is 13.8 Å². The highest BCUT2D eigenvalue weighted by molar-refractivity contribution is 7.99. The third-order valence-corrected chi connectivity index (χ3v) is 10.8. The molecule has 0 aromatic rings. The van der Waals surface area contributed by atoms with Gasteiger partial charge >= 0.3 is 0 Å². The SMILES string of the molecule is C1CCSC1.O=C1CCCCN1.O=C1CCCN1.O=S1(=O)CCCC1.O=S1CCCC1.OC1CCCC1. The number of hydrogen-bond donors (Lipinski definition) is 3. The van der Waals surface area contributed by atoms with Crippen molar-refractivity contribution in [1.29, 1.82) is 0 Å². The van der Waals surface area contributed by atoms with Crippen molar-refractivity contribution >= 4 is 44.2 Å². The number of thioether (sulfide) groups is 1. The van der Waals surface area contributed by atoms with Gasteiger partial charge in [-0.15, -0.1) is 0 Å². The molecule has 1 aliphatic carbocycles. The molecule has 6 fully saturated rings. The van der Waals surface area contributed by atoms with Gasteiger partial charge in [0.15, 0.2) is 0 Å². The Labute approximate surface area is 231 Å². The van der Waals surface area contributed by atoms with Crippen LogP contribution in [0.1, 0.15) is 96.3 Å². The van der Waals surface area contributed by atoms with Crippen molar-refractivity contribution in [3.8, 4) is 0 Å². The molecule has 1 saturated carbocycles. The maximum atomic E-state index is 10.4. The predicted octanol–water partition coefficient (Wildman–Crippen LogP) is 3.34. The maximum Gasteiger partial charge on any atom is 0.220 e. The lowest BCUT2D eigenvalue weighted by Crippen LogP contribution is -2.28. The molecule has 0 radical (unpaired) electrons. The average Bonchev–Trinajstić information content (AvgIpc) is 3.70. The Kier molecular flexibility index (Phi) is 20.6. The number of hydrogen-bond acceptors (Lipinski definition) is 7. The Morgan fingerprint density at radius 2 is 1.22 bits per heavy atom. The summed E-state index contributed by atoms with van der Waals surface area (Å²) in [6.07, 6.45) is 16.4. The van der Waals surface area contributed by atoms with Crippen LogP contribution in [-0.2, 0) is 30.2 Å². The second kappa shape index (κ2) is 22.2. The Bertz CT molecular complexity index is 675. The van der Waals surface area contributed by atoms with Crippen molar-refractivity contribution in [2.75, 3.05) is 47.6 Å². The summed E-state index contributed by atoms with van der Waals surface area (Å²) < 4.78 is 31.2. The highest BCUT2D eigenvalue weighted by atomic mass is 32.2. The third kappa shape index (κ3) is 21.9. The first kappa shape index (κ1) is 34.4. The number of carbonyl (C=O) groups is 2. The largest absolute Gasteiger partial charge is 0.393 e. The molecule has 5 aliphatic heterocycles. The van der Waals surface area contributed by atoms with Gasteiger partial charge in [-0.1, -0.05) is 12.8 Å². The van der Waals surface area contributed by atoms with Crippen LogP contribution in [0, 0.1) is 0 Å². The zero-order chi connectivity index (χ0) is 27.2. The minimum absolute atomic E-state index is 0.0463. The fourth-order valence-electron chi connectivity index (χ4n) is 4.08. The van der Waals surface area contributed by atoms with Crippen LogP contribution in [0.4, 0.5) is 0 Å². The van der Waals surface area contributed by atoms with Crippen LogP contribution in [0.25, 0.3) is 0 Å². The van der Waals surface area contributed by atoms with E-state index in [9.17, 15) is 22.2 Å². The number of aliphatic hydroxyl groups is 1. The number of rotatable bonds is 0. The van der Waals surface area contributed by atoms with E-state index in [4.69, 9.17) is 5.11 Å². The third-order valence-electron chi connectivity index (χ3n) is 6.36. The molecule has 6 rings (SSSR count). The maximum absolute atomic E-state index is 10.4. The normalized spacial score (nSPS) is 24.2. The zero-order valence-corrected chi connectivity index (χ0v) is 25.0. The molecule has 0 bridgehead atoms. The van der Waals surface area contributed by atoms with Crippen molar-refractivity contribution in [3.05, 3.63) is 0 Å². The summed E-state index contributed by atoms with van der Waals surface area (Å²) in [5.41, 5.74) is 0. The highest BCUT2D eigenvalue weighted by Crippen LogP contribution is 2.16. The molecule has 0 unspecified atom stereocenters. The first-order valence-corrected chi connectivity index (χ1v) is 18.6.